The van der Waals surface area contributed by atoms with Crippen LogP contribution in [-0.2, 0) is 0 Å². The molecule has 5 heteroatoms. The summed E-state index contributed by atoms with van der Waals surface area (Å²) >= 11 is 12.0. The summed E-state index contributed by atoms with van der Waals surface area (Å²) < 4.78 is 0. The number of benzene rings is 2. The van der Waals surface area contributed by atoms with Gasteiger partial charge in [-0.05, 0) is 61.4 Å². The number of fused-ring (bicyclic) bond motifs is 1. The number of nitrogens with zero attached hydrogens (tertiary/aromatic N) is 2. The van der Waals surface area contributed by atoms with Crippen LogP contribution in [0.4, 0.5) is 5.69 Å². The summed E-state index contributed by atoms with van der Waals surface area (Å²) in [5.74, 6) is 0.280. The first-order valence-corrected chi connectivity index (χ1v) is 9.46. The van der Waals surface area contributed by atoms with E-state index in [2.05, 4.69) is 9.88 Å². The number of carbonyl (C=O) groups excluding carboxylic acids is 1. The van der Waals surface area contributed by atoms with Crippen LogP contribution in [-0.4, -0.2) is 23.9 Å². The Morgan fingerprint density at radius 3 is 2.38 bits per heavy atom. The number of aromatic nitrogens is 1. The van der Waals surface area contributed by atoms with Gasteiger partial charge >= 0.3 is 0 Å². The van der Waals surface area contributed by atoms with E-state index in [1.807, 2.05) is 42.6 Å². The van der Waals surface area contributed by atoms with Crippen LogP contribution in [0.1, 0.15) is 23.2 Å². The molecule has 0 bridgehead atoms. The minimum Gasteiger partial charge on any atom is -0.371 e. The summed E-state index contributed by atoms with van der Waals surface area (Å²) in [5.41, 5.74) is 2.80. The Labute approximate surface area is 162 Å². The maximum Gasteiger partial charge on any atom is 0.166 e. The molecular weight excluding hydrogens is 367 g/mol. The lowest BCUT2D eigenvalue weighted by atomic mass is 9.88. The lowest BCUT2D eigenvalue weighted by Gasteiger charge is -2.33. The van der Waals surface area contributed by atoms with Crippen LogP contribution in [0.15, 0.2) is 54.7 Å². The Balaban J connectivity index is 1.50. The van der Waals surface area contributed by atoms with E-state index in [9.17, 15) is 4.79 Å². The topological polar surface area (TPSA) is 33.2 Å². The van der Waals surface area contributed by atoms with E-state index in [0.717, 1.165) is 48.1 Å². The summed E-state index contributed by atoms with van der Waals surface area (Å²) in [7, 11) is 0. The molecule has 3 nitrogen and oxygen atoms in total. The van der Waals surface area contributed by atoms with Crippen LogP contribution in [0.2, 0.25) is 10.0 Å². The number of piperidine rings is 1. The van der Waals surface area contributed by atoms with Gasteiger partial charge in [-0.15, -0.1) is 0 Å². The summed E-state index contributed by atoms with van der Waals surface area (Å²) in [6, 6.07) is 15.0. The van der Waals surface area contributed by atoms with Gasteiger partial charge in [0.05, 0.1) is 5.52 Å². The Bertz CT molecular complexity index is 948. The minimum atomic E-state index is 0.0648. The largest absolute Gasteiger partial charge is 0.371 e. The van der Waals surface area contributed by atoms with Crippen LogP contribution in [0.5, 0.6) is 0 Å². The molecule has 0 spiro atoms. The van der Waals surface area contributed by atoms with Gasteiger partial charge < -0.3 is 4.90 Å². The molecule has 1 aliphatic heterocycles. The van der Waals surface area contributed by atoms with E-state index in [1.54, 1.807) is 12.1 Å². The van der Waals surface area contributed by atoms with Crippen molar-refractivity contribution in [3.63, 3.8) is 0 Å². The molecule has 0 radical (unpaired) electrons. The van der Waals surface area contributed by atoms with Crippen LogP contribution in [0.3, 0.4) is 0 Å². The van der Waals surface area contributed by atoms with E-state index in [0.29, 0.717) is 10.0 Å². The molecule has 0 amide bonds. The molecule has 0 saturated carbocycles. The molecule has 2 aromatic carbocycles. The fourth-order valence-electron chi connectivity index (χ4n) is 3.61. The van der Waals surface area contributed by atoms with Gasteiger partial charge in [-0.3, -0.25) is 9.78 Å². The number of hydrogen-bond donors (Lipinski definition) is 0. The van der Waals surface area contributed by atoms with Crippen LogP contribution >= 0.6 is 23.2 Å². The third kappa shape index (κ3) is 3.42. The SMILES string of the molecule is O=C(c1ccc(Cl)cc1)C1CCN(c2ccnc3cc(Cl)ccc23)CC1. The Hall–Kier alpha value is -2.10. The smallest absolute Gasteiger partial charge is 0.166 e. The van der Waals surface area contributed by atoms with Crippen LogP contribution in [0, 0.1) is 5.92 Å². The van der Waals surface area contributed by atoms with E-state index >= 15 is 0 Å². The highest BCUT2D eigenvalue weighted by molar-refractivity contribution is 6.31. The Morgan fingerprint density at radius 2 is 1.65 bits per heavy atom. The number of Topliss-reactive ketones (excluding diaryl/α,β-unsaturated/α-hetero) is 1. The van der Waals surface area contributed by atoms with E-state index in [-0.39, 0.29) is 11.7 Å². The first-order chi connectivity index (χ1) is 12.6. The molecule has 26 heavy (non-hydrogen) atoms. The summed E-state index contributed by atoms with van der Waals surface area (Å²) in [6.07, 6.45) is 3.51. The maximum absolute atomic E-state index is 12.7. The van der Waals surface area contributed by atoms with Gasteiger partial charge in [0, 0.05) is 51.9 Å². The number of pyridine rings is 1. The van der Waals surface area contributed by atoms with Gasteiger partial charge in [-0.25, -0.2) is 0 Å². The quantitative estimate of drug-likeness (QED) is 0.547. The fourth-order valence-corrected chi connectivity index (χ4v) is 3.91. The average Bonchev–Trinajstić information content (AvgIpc) is 2.67. The number of ketones is 1. The van der Waals surface area contributed by atoms with Gasteiger partial charge in [-0.2, -0.15) is 0 Å². The van der Waals surface area contributed by atoms with Crippen molar-refractivity contribution in [2.24, 2.45) is 5.92 Å². The molecule has 0 atom stereocenters. The van der Waals surface area contributed by atoms with Crippen LogP contribution in [0.25, 0.3) is 10.9 Å². The number of hydrogen-bond acceptors (Lipinski definition) is 3. The second kappa shape index (κ2) is 7.26. The zero-order valence-corrected chi connectivity index (χ0v) is 15.7. The van der Waals surface area contributed by atoms with Crippen LogP contribution < -0.4 is 4.90 Å². The minimum absolute atomic E-state index is 0.0648. The van der Waals surface area contributed by atoms with E-state index in [4.69, 9.17) is 23.2 Å². The number of carbonyl (C=O) groups is 1. The predicted octanol–water partition coefficient (Wildman–Crippen LogP) is 5.64. The monoisotopic (exact) mass is 384 g/mol. The Kier molecular flexibility index (Phi) is 4.84. The van der Waals surface area contributed by atoms with Crippen molar-refractivity contribution in [3.8, 4) is 0 Å². The van der Waals surface area contributed by atoms with E-state index in [1.165, 1.54) is 0 Å². The van der Waals surface area contributed by atoms with Crippen molar-refractivity contribution in [2.45, 2.75) is 12.8 Å². The van der Waals surface area contributed by atoms with Crippen molar-refractivity contribution in [3.05, 3.63) is 70.3 Å². The first kappa shape index (κ1) is 17.3. The first-order valence-electron chi connectivity index (χ1n) is 8.71. The Morgan fingerprint density at radius 1 is 0.962 bits per heavy atom. The molecule has 1 aromatic heterocycles. The highest BCUT2D eigenvalue weighted by atomic mass is 35.5. The van der Waals surface area contributed by atoms with Gasteiger partial charge in [0.15, 0.2) is 5.78 Å². The standard InChI is InChI=1S/C21H18Cl2N2O/c22-16-3-1-14(2-4-16)21(26)15-8-11-25(12-9-15)20-7-10-24-19-13-17(23)5-6-18(19)20/h1-7,10,13,15H,8-9,11-12H2. The molecular formula is C21H18Cl2N2O. The van der Waals surface area contributed by atoms with Gasteiger partial charge in [0.25, 0.3) is 0 Å². The van der Waals surface area contributed by atoms with Crippen molar-refractivity contribution >= 4 is 45.6 Å². The molecule has 4 rings (SSSR count). The predicted molar refractivity (Wildman–Crippen MR) is 107 cm³/mol. The average molecular weight is 385 g/mol. The number of anilines is 1. The zero-order valence-electron chi connectivity index (χ0n) is 14.2. The normalized spacial score (nSPS) is 15.4. The van der Waals surface area contributed by atoms with Crippen molar-refractivity contribution in [2.75, 3.05) is 18.0 Å². The summed E-state index contributed by atoms with van der Waals surface area (Å²) in [4.78, 5) is 19.5. The molecule has 0 unspecified atom stereocenters. The van der Waals surface area contributed by atoms with Crippen molar-refractivity contribution < 1.29 is 4.79 Å². The van der Waals surface area contributed by atoms with E-state index < -0.39 is 0 Å². The molecule has 1 aliphatic rings. The van der Waals surface area contributed by atoms with Gasteiger partial charge in [0.2, 0.25) is 0 Å². The second-order valence-corrected chi connectivity index (χ2v) is 7.50. The maximum atomic E-state index is 12.7. The molecule has 1 fully saturated rings. The molecule has 1 saturated heterocycles. The number of halogens is 2. The number of rotatable bonds is 3. The third-order valence-electron chi connectivity index (χ3n) is 5.02. The molecule has 0 N–H and O–H groups in total. The lowest BCUT2D eigenvalue weighted by molar-refractivity contribution is 0.0900. The van der Waals surface area contributed by atoms with Gasteiger partial charge in [0.1, 0.15) is 0 Å². The van der Waals surface area contributed by atoms with Crippen molar-refractivity contribution in [1.29, 1.82) is 0 Å². The van der Waals surface area contributed by atoms with Gasteiger partial charge in [-0.1, -0.05) is 23.2 Å². The molecule has 132 valence electrons. The molecule has 2 heterocycles. The lowest BCUT2D eigenvalue weighted by Crippen LogP contribution is -2.36. The zero-order chi connectivity index (χ0) is 18.1. The third-order valence-corrected chi connectivity index (χ3v) is 5.50. The second-order valence-electron chi connectivity index (χ2n) is 6.62. The molecule has 3 aromatic rings. The molecule has 0 aliphatic carbocycles. The summed E-state index contributed by atoms with van der Waals surface area (Å²) in [5, 5.41) is 2.44. The summed E-state index contributed by atoms with van der Waals surface area (Å²) in [6.45, 7) is 1.71. The van der Waals surface area contributed by atoms with Crippen molar-refractivity contribution in [1.82, 2.24) is 4.98 Å². The fraction of sp³-hybridized carbons (Fsp3) is 0.238. The highest BCUT2D eigenvalue weighted by Crippen LogP contribution is 2.31. The highest BCUT2D eigenvalue weighted by Gasteiger charge is 2.26.